The van der Waals surface area contributed by atoms with Crippen LogP contribution in [0.4, 0.5) is 10.8 Å². The maximum Gasteiger partial charge on any atom is 0.186 e. The summed E-state index contributed by atoms with van der Waals surface area (Å²) >= 11 is 1.56. The van der Waals surface area contributed by atoms with Gasteiger partial charge in [-0.05, 0) is 24.6 Å². The van der Waals surface area contributed by atoms with Crippen LogP contribution in [0.15, 0.2) is 29.6 Å². The Morgan fingerprint density at radius 2 is 1.90 bits per heavy atom. The van der Waals surface area contributed by atoms with Gasteiger partial charge in [0.1, 0.15) is 5.69 Å². The molecule has 1 aliphatic heterocycles. The van der Waals surface area contributed by atoms with Gasteiger partial charge in [0.05, 0.1) is 0 Å². The van der Waals surface area contributed by atoms with Crippen molar-refractivity contribution in [1.82, 2.24) is 4.98 Å². The number of piperazine rings is 1. The molecule has 1 saturated heterocycles. The number of benzene rings is 1. The number of anilines is 2. The summed E-state index contributed by atoms with van der Waals surface area (Å²) in [6.07, 6.45) is 0. The van der Waals surface area contributed by atoms with E-state index in [0.29, 0.717) is 5.69 Å². The third-order valence-corrected chi connectivity index (χ3v) is 4.67. The molecule has 0 bridgehead atoms. The van der Waals surface area contributed by atoms with Crippen LogP contribution in [0.5, 0.6) is 0 Å². The molecule has 0 amide bonds. The second-order valence-corrected chi connectivity index (χ2v) is 6.22. The average Bonchev–Trinajstić information content (AvgIpc) is 2.97. The molecule has 0 atom stereocenters. The van der Waals surface area contributed by atoms with E-state index in [0.717, 1.165) is 31.3 Å². The van der Waals surface area contributed by atoms with Gasteiger partial charge in [-0.2, -0.15) is 0 Å². The molecular weight excluding hydrogens is 282 g/mol. The van der Waals surface area contributed by atoms with Crippen LogP contribution in [0.2, 0.25) is 0 Å². The summed E-state index contributed by atoms with van der Waals surface area (Å²) in [7, 11) is 0. The summed E-state index contributed by atoms with van der Waals surface area (Å²) in [5, 5.41) is 2.81. The first-order valence-electron chi connectivity index (χ1n) is 7.16. The highest BCUT2D eigenvalue weighted by Crippen LogP contribution is 2.24. The second kappa shape index (κ2) is 5.85. The fraction of sp³-hybridized carbons (Fsp3) is 0.375. The zero-order valence-corrected chi connectivity index (χ0v) is 13.2. The van der Waals surface area contributed by atoms with Crippen molar-refractivity contribution in [2.24, 2.45) is 0 Å². The number of carbonyl (C=O) groups excluding carboxylic acids is 1. The van der Waals surface area contributed by atoms with Crippen LogP contribution < -0.4 is 9.80 Å². The van der Waals surface area contributed by atoms with Crippen molar-refractivity contribution in [3.05, 3.63) is 40.9 Å². The van der Waals surface area contributed by atoms with Crippen LogP contribution in [0, 0.1) is 6.92 Å². The SMILES string of the molecule is CC(=O)c1csc(N2CCN(c3cccc(C)c3)CC2)n1. The van der Waals surface area contributed by atoms with Gasteiger partial charge in [0.25, 0.3) is 0 Å². The first kappa shape index (κ1) is 14.1. The third kappa shape index (κ3) is 3.08. The van der Waals surface area contributed by atoms with E-state index in [-0.39, 0.29) is 5.78 Å². The van der Waals surface area contributed by atoms with Gasteiger partial charge < -0.3 is 9.80 Å². The summed E-state index contributed by atoms with van der Waals surface area (Å²) in [5.74, 6) is 0.0379. The molecule has 0 spiro atoms. The maximum absolute atomic E-state index is 11.3. The van der Waals surface area contributed by atoms with Crippen LogP contribution in [-0.4, -0.2) is 36.9 Å². The molecule has 1 aliphatic rings. The van der Waals surface area contributed by atoms with Crippen molar-refractivity contribution in [3.8, 4) is 0 Å². The predicted octanol–water partition coefficient (Wildman–Crippen LogP) is 2.98. The number of aromatic nitrogens is 1. The number of hydrogen-bond acceptors (Lipinski definition) is 5. The number of carbonyl (C=O) groups is 1. The summed E-state index contributed by atoms with van der Waals surface area (Å²) < 4.78 is 0. The number of Topliss-reactive ketones (excluding diaryl/α,β-unsaturated/α-hetero) is 1. The van der Waals surface area contributed by atoms with Crippen molar-refractivity contribution in [1.29, 1.82) is 0 Å². The number of nitrogens with zero attached hydrogens (tertiary/aromatic N) is 3. The Labute approximate surface area is 129 Å². The van der Waals surface area contributed by atoms with E-state index in [2.05, 4.69) is 46.0 Å². The molecule has 1 aromatic heterocycles. The lowest BCUT2D eigenvalue weighted by molar-refractivity contribution is 0.101. The number of hydrogen-bond donors (Lipinski definition) is 0. The van der Waals surface area contributed by atoms with E-state index in [4.69, 9.17) is 0 Å². The highest BCUT2D eigenvalue weighted by molar-refractivity contribution is 7.13. The molecule has 5 heteroatoms. The van der Waals surface area contributed by atoms with Crippen LogP contribution in [-0.2, 0) is 0 Å². The van der Waals surface area contributed by atoms with E-state index >= 15 is 0 Å². The van der Waals surface area contributed by atoms with Crippen molar-refractivity contribution in [3.63, 3.8) is 0 Å². The van der Waals surface area contributed by atoms with Gasteiger partial charge >= 0.3 is 0 Å². The average molecular weight is 301 g/mol. The van der Waals surface area contributed by atoms with Gasteiger partial charge in [-0.15, -0.1) is 11.3 Å². The standard InChI is InChI=1S/C16H19N3OS/c1-12-4-3-5-14(10-12)18-6-8-19(9-7-18)16-17-15(11-21-16)13(2)20/h3-5,10-11H,6-9H2,1-2H3. The molecule has 21 heavy (non-hydrogen) atoms. The molecule has 2 aromatic rings. The van der Waals surface area contributed by atoms with Crippen LogP contribution in [0.25, 0.3) is 0 Å². The normalized spacial score (nSPS) is 15.3. The number of aryl methyl sites for hydroxylation is 1. The Hall–Kier alpha value is -1.88. The van der Waals surface area contributed by atoms with E-state index in [1.165, 1.54) is 11.3 Å². The van der Waals surface area contributed by atoms with Crippen molar-refractivity contribution in [2.75, 3.05) is 36.0 Å². The molecule has 110 valence electrons. The zero-order chi connectivity index (χ0) is 14.8. The van der Waals surface area contributed by atoms with E-state index < -0.39 is 0 Å². The van der Waals surface area contributed by atoms with Gasteiger partial charge in [0.15, 0.2) is 10.9 Å². The van der Waals surface area contributed by atoms with Crippen molar-refractivity contribution < 1.29 is 4.79 Å². The molecule has 1 aromatic carbocycles. The third-order valence-electron chi connectivity index (χ3n) is 3.77. The van der Waals surface area contributed by atoms with E-state index in [9.17, 15) is 4.79 Å². The monoisotopic (exact) mass is 301 g/mol. The number of ketones is 1. The van der Waals surface area contributed by atoms with Gasteiger partial charge in [0, 0.05) is 44.2 Å². The quantitative estimate of drug-likeness (QED) is 0.817. The minimum Gasteiger partial charge on any atom is -0.368 e. The first-order chi connectivity index (χ1) is 10.1. The van der Waals surface area contributed by atoms with Gasteiger partial charge in [-0.25, -0.2) is 4.98 Å². The van der Waals surface area contributed by atoms with Gasteiger partial charge in [-0.3, -0.25) is 4.79 Å². The van der Waals surface area contributed by atoms with Crippen LogP contribution in [0.3, 0.4) is 0 Å². The maximum atomic E-state index is 11.3. The lowest BCUT2D eigenvalue weighted by atomic mass is 10.2. The van der Waals surface area contributed by atoms with Crippen LogP contribution >= 0.6 is 11.3 Å². The van der Waals surface area contributed by atoms with E-state index in [1.807, 2.05) is 5.38 Å². The zero-order valence-electron chi connectivity index (χ0n) is 12.4. The summed E-state index contributed by atoms with van der Waals surface area (Å²) in [4.78, 5) is 20.4. The van der Waals surface area contributed by atoms with Crippen molar-refractivity contribution in [2.45, 2.75) is 13.8 Å². The smallest absolute Gasteiger partial charge is 0.186 e. The lowest BCUT2D eigenvalue weighted by Crippen LogP contribution is -2.46. The number of rotatable bonds is 3. The fourth-order valence-electron chi connectivity index (χ4n) is 2.55. The Balaban J connectivity index is 1.66. The molecule has 2 heterocycles. The highest BCUT2D eigenvalue weighted by atomic mass is 32.1. The molecule has 0 saturated carbocycles. The minimum atomic E-state index is 0.0379. The van der Waals surface area contributed by atoms with Crippen LogP contribution in [0.1, 0.15) is 23.0 Å². The topological polar surface area (TPSA) is 36.4 Å². The summed E-state index contributed by atoms with van der Waals surface area (Å²) in [5.41, 5.74) is 3.16. The largest absolute Gasteiger partial charge is 0.368 e. The fourth-order valence-corrected chi connectivity index (χ4v) is 3.47. The molecule has 4 nitrogen and oxygen atoms in total. The molecule has 3 rings (SSSR count). The molecule has 0 unspecified atom stereocenters. The molecular formula is C16H19N3OS. The second-order valence-electron chi connectivity index (χ2n) is 5.38. The van der Waals surface area contributed by atoms with Gasteiger partial charge in [0.2, 0.25) is 0 Å². The molecule has 1 fully saturated rings. The summed E-state index contributed by atoms with van der Waals surface area (Å²) in [6, 6.07) is 8.63. The predicted molar refractivity (Wildman–Crippen MR) is 87.7 cm³/mol. The molecule has 0 N–H and O–H groups in total. The van der Waals surface area contributed by atoms with E-state index in [1.54, 1.807) is 18.3 Å². The van der Waals surface area contributed by atoms with Crippen molar-refractivity contribution >= 4 is 27.9 Å². The first-order valence-corrected chi connectivity index (χ1v) is 8.04. The highest BCUT2D eigenvalue weighted by Gasteiger charge is 2.20. The Kier molecular flexibility index (Phi) is 3.92. The Morgan fingerprint density at radius 3 is 2.52 bits per heavy atom. The Bertz CT molecular complexity index is 644. The number of thiazole rings is 1. The summed E-state index contributed by atoms with van der Waals surface area (Å²) in [6.45, 7) is 7.54. The minimum absolute atomic E-state index is 0.0379. The Morgan fingerprint density at radius 1 is 1.19 bits per heavy atom. The lowest BCUT2D eigenvalue weighted by Gasteiger charge is -2.36. The molecule has 0 aliphatic carbocycles. The van der Waals surface area contributed by atoms with Gasteiger partial charge in [-0.1, -0.05) is 12.1 Å². The molecule has 0 radical (unpaired) electrons.